The van der Waals surface area contributed by atoms with Crippen molar-refractivity contribution in [2.45, 2.75) is 13.8 Å². The summed E-state index contributed by atoms with van der Waals surface area (Å²) in [5.74, 6) is -0.838. The van der Waals surface area contributed by atoms with E-state index in [-0.39, 0.29) is 0 Å². The summed E-state index contributed by atoms with van der Waals surface area (Å²) in [6.45, 7) is 3.82. The summed E-state index contributed by atoms with van der Waals surface area (Å²) in [4.78, 5) is 12.2. The van der Waals surface area contributed by atoms with Crippen LogP contribution in [0.2, 0.25) is 0 Å². The van der Waals surface area contributed by atoms with Gasteiger partial charge in [-0.2, -0.15) is 0 Å². The van der Waals surface area contributed by atoms with E-state index in [0.717, 1.165) is 20.5 Å². The molecule has 1 aromatic heterocycles. The van der Waals surface area contributed by atoms with Gasteiger partial charge in [0.1, 0.15) is 0 Å². The lowest BCUT2D eigenvalue weighted by atomic mass is 10.1. The first kappa shape index (κ1) is 9.21. The molecule has 0 unspecified atom stereocenters. The van der Waals surface area contributed by atoms with E-state index in [0.29, 0.717) is 5.56 Å². The summed E-state index contributed by atoms with van der Waals surface area (Å²) in [7, 11) is 0. The lowest BCUT2D eigenvalue weighted by Crippen LogP contribution is -1.99. The van der Waals surface area contributed by atoms with E-state index in [1.54, 1.807) is 11.3 Å². The van der Waals surface area contributed by atoms with Gasteiger partial charge in [0.15, 0.2) is 0 Å². The third kappa shape index (κ3) is 1.30. The summed E-state index contributed by atoms with van der Waals surface area (Å²) in [6, 6.07) is 5.85. The van der Waals surface area contributed by atoms with Crippen molar-refractivity contribution >= 4 is 27.4 Å². The van der Waals surface area contributed by atoms with Gasteiger partial charge in [-0.15, -0.1) is 11.3 Å². The summed E-state index contributed by atoms with van der Waals surface area (Å²) in [6.07, 6.45) is 0. The third-order valence-corrected chi connectivity index (χ3v) is 3.32. The summed E-state index contributed by atoms with van der Waals surface area (Å²) >= 11 is 1.54. The van der Waals surface area contributed by atoms with E-state index in [1.165, 1.54) is 0 Å². The predicted molar refractivity (Wildman–Crippen MR) is 58.3 cm³/mol. The van der Waals surface area contributed by atoms with Gasteiger partial charge in [-0.25, -0.2) is 4.79 Å². The Labute approximate surface area is 85.8 Å². The standard InChI is InChI=1S/C11H10O2S/c1-6-3-4-8-5-7(2)14-10(8)9(6)11(12)13/h3-5H,1-2H3,(H,12,13). The van der Waals surface area contributed by atoms with Gasteiger partial charge in [-0.05, 0) is 30.9 Å². The molecule has 0 spiro atoms. The van der Waals surface area contributed by atoms with Crippen molar-refractivity contribution in [3.63, 3.8) is 0 Å². The van der Waals surface area contributed by atoms with Crippen molar-refractivity contribution in [2.75, 3.05) is 0 Å². The molecule has 0 fully saturated rings. The number of aromatic carboxylic acids is 1. The Bertz CT molecular complexity index is 511. The van der Waals surface area contributed by atoms with Crippen molar-refractivity contribution in [3.8, 4) is 0 Å². The molecule has 1 heterocycles. The highest BCUT2D eigenvalue weighted by Crippen LogP contribution is 2.30. The maximum Gasteiger partial charge on any atom is 0.337 e. The molecule has 0 radical (unpaired) electrons. The first-order valence-electron chi connectivity index (χ1n) is 4.32. The molecule has 0 aliphatic heterocycles. The molecule has 2 nitrogen and oxygen atoms in total. The molecule has 0 aliphatic carbocycles. The zero-order chi connectivity index (χ0) is 10.3. The number of carbonyl (C=O) groups is 1. The van der Waals surface area contributed by atoms with Crippen LogP contribution in [0.3, 0.4) is 0 Å². The highest BCUT2D eigenvalue weighted by atomic mass is 32.1. The number of hydrogen-bond donors (Lipinski definition) is 1. The second-order valence-electron chi connectivity index (χ2n) is 3.34. The van der Waals surface area contributed by atoms with Crippen LogP contribution in [-0.2, 0) is 0 Å². The number of benzene rings is 1. The average molecular weight is 206 g/mol. The summed E-state index contributed by atoms with van der Waals surface area (Å²) in [5, 5.41) is 10.1. The van der Waals surface area contributed by atoms with E-state index in [9.17, 15) is 4.79 Å². The number of carboxylic acid groups (broad SMARTS) is 1. The van der Waals surface area contributed by atoms with Crippen LogP contribution in [0, 0.1) is 13.8 Å². The van der Waals surface area contributed by atoms with Crippen molar-refractivity contribution in [2.24, 2.45) is 0 Å². The number of hydrogen-bond acceptors (Lipinski definition) is 2. The van der Waals surface area contributed by atoms with Gasteiger partial charge in [0.25, 0.3) is 0 Å². The van der Waals surface area contributed by atoms with Crippen LogP contribution in [-0.4, -0.2) is 11.1 Å². The van der Waals surface area contributed by atoms with Crippen molar-refractivity contribution in [1.29, 1.82) is 0 Å². The molecule has 0 bridgehead atoms. The zero-order valence-electron chi connectivity index (χ0n) is 8.00. The van der Waals surface area contributed by atoms with E-state index in [1.807, 2.05) is 32.0 Å². The fraction of sp³-hybridized carbons (Fsp3) is 0.182. The van der Waals surface area contributed by atoms with Crippen LogP contribution in [0.1, 0.15) is 20.8 Å². The second kappa shape index (κ2) is 3.10. The first-order chi connectivity index (χ1) is 6.59. The zero-order valence-corrected chi connectivity index (χ0v) is 8.81. The largest absolute Gasteiger partial charge is 0.478 e. The molecule has 1 aromatic carbocycles. The quantitative estimate of drug-likeness (QED) is 0.777. The number of rotatable bonds is 1. The molecule has 3 heteroatoms. The van der Waals surface area contributed by atoms with Crippen LogP contribution >= 0.6 is 11.3 Å². The van der Waals surface area contributed by atoms with Crippen molar-refractivity contribution in [1.82, 2.24) is 0 Å². The van der Waals surface area contributed by atoms with Crippen LogP contribution in [0.5, 0.6) is 0 Å². The minimum atomic E-state index is -0.838. The number of aryl methyl sites for hydroxylation is 2. The Morgan fingerprint density at radius 1 is 1.36 bits per heavy atom. The lowest BCUT2D eigenvalue weighted by Gasteiger charge is -2.00. The SMILES string of the molecule is Cc1cc2ccc(C)c(C(=O)O)c2s1. The maximum atomic E-state index is 11.1. The van der Waals surface area contributed by atoms with E-state index < -0.39 is 5.97 Å². The van der Waals surface area contributed by atoms with Crippen LogP contribution < -0.4 is 0 Å². The minimum absolute atomic E-state index is 0.445. The summed E-state index contributed by atoms with van der Waals surface area (Å²) in [5.41, 5.74) is 1.27. The Balaban J connectivity index is 2.88. The molecule has 2 aromatic rings. The lowest BCUT2D eigenvalue weighted by molar-refractivity contribution is 0.0698. The molecular weight excluding hydrogens is 196 g/mol. The molecule has 14 heavy (non-hydrogen) atoms. The Morgan fingerprint density at radius 3 is 2.71 bits per heavy atom. The van der Waals surface area contributed by atoms with Crippen LogP contribution in [0.15, 0.2) is 18.2 Å². The van der Waals surface area contributed by atoms with Gasteiger partial charge in [0.2, 0.25) is 0 Å². The van der Waals surface area contributed by atoms with E-state index in [4.69, 9.17) is 5.11 Å². The number of carboxylic acids is 1. The van der Waals surface area contributed by atoms with Crippen molar-refractivity contribution < 1.29 is 9.90 Å². The molecular formula is C11H10O2S. The molecule has 0 amide bonds. The first-order valence-corrected chi connectivity index (χ1v) is 5.14. The molecule has 2 rings (SSSR count). The molecule has 0 aliphatic rings. The van der Waals surface area contributed by atoms with Gasteiger partial charge >= 0.3 is 5.97 Å². The Morgan fingerprint density at radius 2 is 2.07 bits per heavy atom. The van der Waals surface area contributed by atoms with Gasteiger partial charge in [-0.1, -0.05) is 12.1 Å². The summed E-state index contributed by atoms with van der Waals surface area (Å²) < 4.78 is 0.884. The Kier molecular flexibility index (Phi) is 2.04. The molecule has 0 saturated heterocycles. The second-order valence-corrected chi connectivity index (χ2v) is 4.59. The topological polar surface area (TPSA) is 37.3 Å². The van der Waals surface area contributed by atoms with Gasteiger partial charge in [-0.3, -0.25) is 0 Å². The molecule has 0 atom stereocenters. The fourth-order valence-corrected chi connectivity index (χ4v) is 2.70. The minimum Gasteiger partial charge on any atom is -0.478 e. The predicted octanol–water partition coefficient (Wildman–Crippen LogP) is 3.22. The maximum absolute atomic E-state index is 11.1. The third-order valence-electron chi connectivity index (χ3n) is 2.23. The van der Waals surface area contributed by atoms with Gasteiger partial charge < -0.3 is 5.11 Å². The number of thiophene rings is 1. The van der Waals surface area contributed by atoms with Gasteiger partial charge in [0, 0.05) is 9.58 Å². The molecule has 1 N–H and O–H groups in total. The van der Waals surface area contributed by atoms with Crippen LogP contribution in [0.4, 0.5) is 0 Å². The highest BCUT2D eigenvalue weighted by Gasteiger charge is 2.13. The number of fused-ring (bicyclic) bond motifs is 1. The van der Waals surface area contributed by atoms with E-state index >= 15 is 0 Å². The van der Waals surface area contributed by atoms with Crippen molar-refractivity contribution in [3.05, 3.63) is 34.2 Å². The van der Waals surface area contributed by atoms with Gasteiger partial charge in [0.05, 0.1) is 5.56 Å². The Hall–Kier alpha value is -1.35. The fourth-order valence-electron chi connectivity index (χ4n) is 1.60. The highest BCUT2D eigenvalue weighted by molar-refractivity contribution is 7.19. The monoisotopic (exact) mass is 206 g/mol. The average Bonchev–Trinajstić information content (AvgIpc) is 2.43. The molecule has 0 saturated carbocycles. The van der Waals surface area contributed by atoms with Crippen LogP contribution in [0.25, 0.3) is 10.1 Å². The normalized spacial score (nSPS) is 10.7. The van der Waals surface area contributed by atoms with E-state index in [2.05, 4.69) is 0 Å². The molecule has 72 valence electrons. The smallest absolute Gasteiger partial charge is 0.337 e.